The highest BCUT2D eigenvalue weighted by Gasteiger charge is 2.20. The third-order valence-corrected chi connectivity index (χ3v) is 2.28. The van der Waals surface area contributed by atoms with Crippen molar-refractivity contribution in [3.8, 4) is 0 Å². The summed E-state index contributed by atoms with van der Waals surface area (Å²) in [4.78, 5) is 0. The van der Waals surface area contributed by atoms with Gasteiger partial charge in [0.15, 0.2) is 0 Å². The van der Waals surface area contributed by atoms with Gasteiger partial charge in [-0.2, -0.15) is 0 Å². The molecule has 0 saturated carbocycles. The lowest BCUT2D eigenvalue weighted by atomic mass is 9.89. The predicted octanol–water partition coefficient (Wildman–Crippen LogP) is 0.772. The Morgan fingerprint density at radius 2 is 2.64 bits per heavy atom. The van der Waals surface area contributed by atoms with Crippen LogP contribution in [0.15, 0.2) is 10.7 Å². The minimum atomic E-state index is 0.282. The van der Waals surface area contributed by atoms with Crippen LogP contribution < -0.4 is 0 Å². The molecular weight excluding hydrogens is 142 g/mol. The SMILES string of the molecule is OCC1CCc2oncc2C1. The summed E-state index contributed by atoms with van der Waals surface area (Å²) < 4.78 is 5.02. The maximum atomic E-state index is 8.90. The first-order valence-corrected chi connectivity index (χ1v) is 3.93. The lowest BCUT2D eigenvalue weighted by Gasteiger charge is -2.17. The summed E-state index contributed by atoms with van der Waals surface area (Å²) in [6.45, 7) is 0.282. The van der Waals surface area contributed by atoms with Crippen LogP contribution in [0.2, 0.25) is 0 Å². The van der Waals surface area contributed by atoms with Crippen molar-refractivity contribution >= 4 is 0 Å². The fraction of sp³-hybridized carbons (Fsp3) is 0.625. The summed E-state index contributed by atoms with van der Waals surface area (Å²) in [5.41, 5.74) is 1.18. The van der Waals surface area contributed by atoms with E-state index >= 15 is 0 Å². The molecule has 1 aliphatic rings. The van der Waals surface area contributed by atoms with Crippen LogP contribution in [0.4, 0.5) is 0 Å². The maximum absolute atomic E-state index is 8.90. The zero-order valence-corrected chi connectivity index (χ0v) is 6.29. The minimum absolute atomic E-state index is 0.282. The van der Waals surface area contributed by atoms with Gasteiger partial charge in [0.2, 0.25) is 0 Å². The van der Waals surface area contributed by atoms with Gasteiger partial charge in [0.05, 0.1) is 6.20 Å². The van der Waals surface area contributed by atoms with E-state index in [0.29, 0.717) is 5.92 Å². The second-order valence-electron chi connectivity index (χ2n) is 3.07. The molecule has 0 aromatic carbocycles. The average molecular weight is 153 g/mol. The van der Waals surface area contributed by atoms with E-state index in [9.17, 15) is 0 Å². The second-order valence-corrected chi connectivity index (χ2v) is 3.07. The molecule has 1 atom stereocenters. The topological polar surface area (TPSA) is 46.3 Å². The molecule has 0 bridgehead atoms. The van der Waals surface area contributed by atoms with Gasteiger partial charge < -0.3 is 9.63 Å². The largest absolute Gasteiger partial charge is 0.396 e. The molecule has 3 nitrogen and oxygen atoms in total. The number of aromatic nitrogens is 1. The van der Waals surface area contributed by atoms with Crippen molar-refractivity contribution in [2.24, 2.45) is 5.92 Å². The first-order valence-electron chi connectivity index (χ1n) is 3.93. The Balaban J connectivity index is 2.18. The molecule has 1 heterocycles. The predicted molar refractivity (Wildman–Crippen MR) is 39.1 cm³/mol. The fourth-order valence-corrected chi connectivity index (χ4v) is 1.56. The average Bonchev–Trinajstić information content (AvgIpc) is 2.50. The number of rotatable bonds is 1. The number of aliphatic hydroxyl groups is 1. The van der Waals surface area contributed by atoms with E-state index in [4.69, 9.17) is 9.63 Å². The molecule has 60 valence electrons. The molecule has 0 aliphatic heterocycles. The third-order valence-electron chi connectivity index (χ3n) is 2.28. The molecule has 0 spiro atoms. The molecule has 0 amide bonds. The Labute approximate surface area is 65.0 Å². The number of fused-ring (bicyclic) bond motifs is 1. The third kappa shape index (κ3) is 1.16. The van der Waals surface area contributed by atoms with Crippen LogP contribution in [0.1, 0.15) is 17.7 Å². The first kappa shape index (κ1) is 6.85. The number of nitrogens with zero attached hydrogens (tertiary/aromatic N) is 1. The highest BCUT2D eigenvalue weighted by Crippen LogP contribution is 2.24. The van der Waals surface area contributed by atoms with E-state index in [2.05, 4.69) is 5.16 Å². The summed E-state index contributed by atoms with van der Waals surface area (Å²) in [6.07, 6.45) is 4.64. The van der Waals surface area contributed by atoms with Gasteiger partial charge in [-0.05, 0) is 18.8 Å². The highest BCUT2D eigenvalue weighted by atomic mass is 16.5. The van der Waals surface area contributed by atoms with Crippen molar-refractivity contribution in [1.82, 2.24) is 5.16 Å². The Morgan fingerprint density at radius 1 is 1.73 bits per heavy atom. The Kier molecular flexibility index (Phi) is 1.66. The van der Waals surface area contributed by atoms with Gasteiger partial charge in [-0.1, -0.05) is 5.16 Å². The highest BCUT2D eigenvalue weighted by molar-refractivity contribution is 5.17. The number of aliphatic hydroxyl groups excluding tert-OH is 1. The van der Waals surface area contributed by atoms with Crippen molar-refractivity contribution in [2.45, 2.75) is 19.3 Å². The van der Waals surface area contributed by atoms with E-state index in [1.165, 1.54) is 5.56 Å². The molecule has 1 aromatic heterocycles. The molecule has 1 aromatic rings. The lowest BCUT2D eigenvalue weighted by molar-refractivity contribution is 0.208. The van der Waals surface area contributed by atoms with Gasteiger partial charge in [0.25, 0.3) is 0 Å². The summed E-state index contributed by atoms with van der Waals surface area (Å²) >= 11 is 0. The van der Waals surface area contributed by atoms with Crippen molar-refractivity contribution in [3.63, 3.8) is 0 Å². The standard InChI is InChI=1S/C8H11NO2/c10-5-6-1-2-8-7(3-6)4-9-11-8/h4,6,10H,1-3,5H2. The monoisotopic (exact) mass is 153 g/mol. The molecule has 0 radical (unpaired) electrons. The smallest absolute Gasteiger partial charge is 0.139 e. The minimum Gasteiger partial charge on any atom is -0.396 e. The normalized spacial score (nSPS) is 23.2. The van der Waals surface area contributed by atoms with Gasteiger partial charge >= 0.3 is 0 Å². The van der Waals surface area contributed by atoms with Crippen LogP contribution in [0, 0.1) is 5.92 Å². The Morgan fingerprint density at radius 3 is 3.45 bits per heavy atom. The maximum Gasteiger partial charge on any atom is 0.139 e. The molecule has 3 heteroatoms. The van der Waals surface area contributed by atoms with E-state index in [1.807, 2.05) is 0 Å². The molecule has 11 heavy (non-hydrogen) atoms. The summed E-state index contributed by atoms with van der Waals surface area (Å²) in [5, 5.41) is 12.6. The van der Waals surface area contributed by atoms with Crippen LogP contribution >= 0.6 is 0 Å². The molecule has 1 aliphatic carbocycles. The molecule has 2 rings (SSSR count). The zero-order chi connectivity index (χ0) is 7.68. The second kappa shape index (κ2) is 2.66. The van der Waals surface area contributed by atoms with Crippen molar-refractivity contribution < 1.29 is 9.63 Å². The first-order chi connectivity index (χ1) is 5.40. The zero-order valence-electron chi connectivity index (χ0n) is 6.29. The van der Waals surface area contributed by atoms with E-state index in [0.717, 1.165) is 25.0 Å². The van der Waals surface area contributed by atoms with Gasteiger partial charge in [0, 0.05) is 18.6 Å². The van der Waals surface area contributed by atoms with Crippen LogP contribution in [0.25, 0.3) is 0 Å². The lowest BCUT2D eigenvalue weighted by Crippen LogP contribution is -2.15. The number of hydrogen-bond acceptors (Lipinski definition) is 3. The van der Waals surface area contributed by atoms with Crippen molar-refractivity contribution in [2.75, 3.05) is 6.61 Å². The van der Waals surface area contributed by atoms with Crippen molar-refractivity contribution in [1.29, 1.82) is 0 Å². The van der Waals surface area contributed by atoms with Gasteiger partial charge in [-0.15, -0.1) is 0 Å². The van der Waals surface area contributed by atoms with Gasteiger partial charge in [0.1, 0.15) is 5.76 Å². The Hall–Kier alpha value is -0.830. The number of aryl methyl sites for hydroxylation is 1. The van der Waals surface area contributed by atoms with E-state index in [-0.39, 0.29) is 6.61 Å². The Bertz CT molecular complexity index is 244. The molecule has 1 unspecified atom stereocenters. The molecule has 0 saturated heterocycles. The van der Waals surface area contributed by atoms with Gasteiger partial charge in [-0.25, -0.2) is 0 Å². The van der Waals surface area contributed by atoms with Crippen LogP contribution in [0.5, 0.6) is 0 Å². The molecular formula is C8H11NO2. The van der Waals surface area contributed by atoms with Crippen LogP contribution in [-0.2, 0) is 12.8 Å². The number of hydrogen-bond donors (Lipinski definition) is 1. The quantitative estimate of drug-likeness (QED) is 0.648. The summed E-state index contributed by atoms with van der Waals surface area (Å²) in [5.74, 6) is 1.43. The van der Waals surface area contributed by atoms with Crippen LogP contribution in [-0.4, -0.2) is 16.9 Å². The van der Waals surface area contributed by atoms with Crippen molar-refractivity contribution in [3.05, 3.63) is 17.5 Å². The van der Waals surface area contributed by atoms with E-state index < -0.39 is 0 Å². The summed E-state index contributed by atoms with van der Waals surface area (Å²) in [6, 6.07) is 0. The summed E-state index contributed by atoms with van der Waals surface area (Å²) in [7, 11) is 0. The van der Waals surface area contributed by atoms with Gasteiger partial charge in [-0.3, -0.25) is 0 Å². The van der Waals surface area contributed by atoms with E-state index in [1.54, 1.807) is 6.20 Å². The molecule has 0 fully saturated rings. The molecule has 1 N–H and O–H groups in total. The fourth-order valence-electron chi connectivity index (χ4n) is 1.56. The van der Waals surface area contributed by atoms with Crippen LogP contribution in [0.3, 0.4) is 0 Å².